The van der Waals surface area contributed by atoms with Gasteiger partial charge in [-0.25, -0.2) is 4.79 Å². The number of hydroxylamine groups is 2. The van der Waals surface area contributed by atoms with Gasteiger partial charge < -0.3 is 10.1 Å². The Morgan fingerprint density at radius 1 is 1.45 bits per heavy atom. The van der Waals surface area contributed by atoms with Gasteiger partial charge in [-0.1, -0.05) is 25.1 Å². The van der Waals surface area contributed by atoms with Crippen molar-refractivity contribution < 1.29 is 9.59 Å². The molecule has 0 saturated heterocycles. The van der Waals surface area contributed by atoms with Gasteiger partial charge in [0.05, 0.1) is 12.5 Å². The number of rotatable bonds is 4. The molecule has 2 unspecified atom stereocenters. The van der Waals surface area contributed by atoms with Crippen LogP contribution in [0.4, 0.5) is 5.69 Å². The second-order valence-electron chi connectivity index (χ2n) is 5.62. The van der Waals surface area contributed by atoms with Gasteiger partial charge in [-0.2, -0.15) is 0 Å². The van der Waals surface area contributed by atoms with Crippen LogP contribution in [0.3, 0.4) is 0 Å². The Morgan fingerprint density at radius 2 is 2.20 bits per heavy atom. The van der Waals surface area contributed by atoms with E-state index in [4.69, 9.17) is 0 Å². The molecule has 2 atom stereocenters. The molecule has 0 radical (unpaired) electrons. The zero-order valence-electron chi connectivity index (χ0n) is 11.5. The maximum Gasteiger partial charge on any atom is 0.323 e. The van der Waals surface area contributed by atoms with Crippen LogP contribution in [-0.4, -0.2) is 36.3 Å². The number of quaternary nitrogens is 1. The quantitative estimate of drug-likeness (QED) is 0.473. The zero-order chi connectivity index (χ0) is 14.3. The van der Waals surface area contributed by atoms with E-state index in [0.717, 1.165) is 24.0 Å². The summed E-state index contributed by atoms with van der Waals surface area (Å²) in [4.78, 5) is 25.0. The average molecular weight is 274 g/mol. The lowest BCUT2D eigenvalue weighted by Crippen LogP contribution is -2.58. The molecule has 1 aromatic rings. The molecule has 2 amide bonds. The summed E-state index contributed by atoms with van der Waals surface area (Å²) in [6.45, 7) is 2.77. The van der Waals surface area contributed by atoms with E-state index in [-0.39, 0.29) is 24.9 Å². The first kappa shape index (κ1) is 13.3. The first-order chi connectivity index (χ1) is 9.60. The number of carbonyl (C=O) groups is 2. The first-order valence-corrected chi connectivity index (χ1v) is 7.05. The lowest BCUT2D eigenvalue weighted by molar-refractivity contribution is -0.129. The van der Waals surface area contributed by atoms with Gasteiger partial charge in [0.25, 0.3) is 0 Å². The van der Waals surface area contributed by atoms with Crippen LogP contribution in [0, 0.1) is 5.21 Å². The van der Waals surface area contributed by atoms with Crippen LogP contribution in [0.2, 0.25) is 0 Å². The van der Waals surface area contributed by atoms with Crippen LogP contribution < -0.4 is 4.65 Å². The van der Waals surface area contributed by atoms with E-state index < -0.39 is 4.65 Å². The van der Waals surface area contributed by atoms with E-state index in [1.54, 1.807) is 4.90 Å². The average Bonchev–Trinajstić information content (AvgIpc) is 2.69. The molecule has 106 valence electrons. The molecule has 0 bridgehead atoms. The highest BCUT2D eigenvalue weighted by Gasteiger charge is 2.47. The molecule has 5 nitrogen and oxygen atoms in total. The molecule has 20 heavy (non-hydrogen) atoms. The molecule has 0 saturated carbocycles. The van der Waals surface area contributed by atoms with E-state index in [9.17, 15) is 14.8 Å². The van der Waals surface area contributed by atoms with Crippen LogP contribution in [-0.2, 0) is 22.4 Å². The van der Waals surface area contributed by atoms with Crippen molar-refractivity contribution in [2.45, 2.75) is 32.2 Å². The third-order valence-corrected chi connectivity index (χ3v) is 4.32. The molecule has 0 fully saturated rings. The number of benzene rings is 1. The Bertz CT molecular complexity index is 572. The number of amides is 2. The maximum absolute atomic E-state index is 13.0. The molecule has 2 aliphatic heterocycles. The Hall–Kier alpha value is -1.72. The van der Waals surface area contributed by atoms with Gasteiger partial charge in [0, 0.05) is 24.1 Å². The molecule has 1 aromatic carbocycles. The lowest BCUT2D eigenvalue weighted by atomic mass is 9.95. The van der Waals surface area contributed by atoms with E-state index in [0.29, 0.717) is 18.7 Å². The molecule has 2 heterocycles. The highest BCUT2D eigenvalue weighted by molar-refractivity contribution is 5.99. The third kappa shape index (κ3) is 1.77. The second-order valence-corrected chi connectivity index (χ2v) is 5.62. The summed E-state index contributed by atoms with van der Waals surface area (Å²) < 4.78 is -0.885. The third-order valence-electron chi connectivity index (χ3n) is 4.32. The minimum Gasteiger partial charge on any atom is -0.620 e. The van der Waals surface area contributed by atoms with Crippen LogP contribution >= 0.6 is 0 Å². The van der Waals surface area contributed by atoms with Crippen molar-refractivity contribution in [1.82, 2.24) is 9.55 Å². The fourth-order valence-corrected chi connectivity index (χ4v) is 3.44. The summed E-state index contributed by atoms with van der Waals surface area (Å²) in [5.41, 5.74) is 2.41. The molecule has 5 heteroatoms. The Labute approximate surface area is 118 Å². The fourth-order valence-electron chi connectivity index (χ4n) is 3.44. The molecule has 3 rings (SSSR count). The zero-order valence-corrected chi connectivity index (χ0v) is 11.5. The molecule has 0 aromatic heterocycles. The van der Waals surface area contributed by atoms with Crippen molar-refractivity contribution in [1.29, 1.82) is 0 Å². The molecule has 2 aliphatic rings. The topological polar surface area (TPSA) is 60.4 Å². The van der Waals surface area contributed by atoms with Crippen molar-refractivity contribution >= 4 is 18.0 Å². The summed E-state index contributed by atoms with van der Waals surface area (Å²) in [6.07, 6.45) is 2.52. The highest BCUT2D eigenvalue weighted by atomic mass is 16.6. The van der Waals surface area contributed by atoms with Gasteiger partial charge in [0.15, 0.2) is 0 Å². The van der Waals surface area contributed by atoms with Gasteiger partial charge in [-0.05, 0) is 6.42 Å². The van der Waals surface area contributed by atoms with E-state index in [1.807, 2.05) is 25.1 Å². The van der Waals surface area contributed by atoms with Crippen molar-refractivity contribution in [3.8, 4) is 0 Å². The van der Waals surface area contributed by atoms with Gasteiger partial charge in [0.2, 0.25) is 6.41 Å². The lowest BCUT2D eigenvalue weighted by Gasteiger charge is -2.45. The SMILES string of the molecule is CCCN(C=O)C1Cc2cccc3c2[N+]([O-])(C1)C(=O)C3. The van der Waals surface area contributed by atoms with Crippen molar-refractivity contribution in [2.75, 3.05) is 13.1 Å². The van der Waals surface area contributed by atoms with Crippen molar-refractivity contribution in [3.63, 3.8) is 0 Å². The monoisotopic (exact) mass is 274 g/mol. The summed E-state index contributed by atoms with van der Waals surface area (Å²) >= 11 is 0. The Kier molecular flexibility index (Phi) is 3.11. The predicted octanol–water partition coefficient (Wildman–Crippen LogP) is 1.37. The van der Waals surface area contributed by atoms with Crippen LogP contribution in [0.5, 0.6) is 0 Å². The normalized spacial score (nSPS) is 27.3. The van der Waals surface area contributed by atoms with Gasteiger partial charge >= 0.3 is 5.91 Å². The molecule has 0 aliphatic carbocycles. The number of para-hydroxylation sites is 1. The standard InChI is InChI=1S/C15H18N2O3/c1-2-6-16(10-18)13-7-11-4-3-5-12-8-14(19)17(20,9-13)15(11)12/h3-5,10,13H,2,6-9H2,1H3. The van der Waals surface area contributed by atoms with Gasteiger partial charge in [-0.3, -0.25) is 9.44 Å². The number of hydrogen-bond donors (Lipinski definition) is 0. The Balaban J connectivity index is 2.02. The van der Waals surface area contributed by atoms with E-state index in [2.05, 4.69) is 0 Å². The molecular weight excluding hydrogens is 256 g/mol. The molecule has 0 N–H and O–H groups in total. The van der Waals surface area contributed by atoms with Crippen molar-refractivity contribution in [2.24, 2.45) is 0 Å². The molecule has 0 spiro atoms. The number of carbonyl (C=O) groups excluding carboxylic acids is 2. The van der Waals surface area contributed by atoms with Crippen molar-refractivity contribution in [3.05, 3.63) is 34.5 Å². The Morgan fingerprint density at radius 3 is 2.90 bits per heavy atom. The second kappa shape index (κ2) is 4.68. The summed E-state index contributed by atoms with van der Waals surface area (Å²) in [5.74, 6) is -0.306. The largest absolute Gasteiger partial charge is 0.620 e. The van der Waals surface area contributed by atoms with Gasteiger partial charge in [-0.15, -0.1) is 0 Å². The van der Waals surface area contributed by atoms with E-state index >= 15 is 0 Å². The van der Waals surface area contributed by atoms with Crippen LogP contribution in [0.25, 0.3) is 0 Å². The van der Waals surface area contributed by atoms with Crippen LogP contribution in [0.15, 0.2) is 18.2 Å². The number of hydrogen-bond acceptors (Lipinski definition) is 3. The first-order valence-electron chi connectivity index (χ1n) is 7.05. The smallest absolute Gasteiger partial charge is 0.323 e. The van der Waals surface area contributed by atoms with Crippen LogP contribution in [0.1, 0.15) is 24.5 Å². The summed E-state index contributed by atoms with van der Waals surface area (Å²) in [5, 5.41) is 13.0. The highest BCUT2D eigenvalue weighted by Crippen LogP contribution is 2.42. The van der Waals surface area contributed by atoms with E-state index in [1.165, 1.54) is 0 Å². The summed E-state index contributed by atoms with van der Waals surface area (Å²) in [6, 6.07) is 5.47. The maximum atomic E-state index is 13.0. The summed E-state index contributed by atoms with van der Waals surface area (Å²) in [7, 11) is 0. The fraction of sp³-hybridized carbons (Fsp3) is 0.467. The number of nitrogens with zero attached hydrogens (tertiary/aromatic N) is 2. The minimum atomic E-state index is -0.885. The predicted molar refractivity (Wildman–Crippen MR) is 75.7 cm³/mol. The molecular formula is C15H18N2O3. The van der Waals surface area contributed by atoms with Gasteiger partial charge in [0.1, 0.15) is 12.2 Å². The minimum absolute atomic E-state index is 0.154.